The van der Waals surface area contributed by atoms with Crippen molar-refractivity contribution in [3.63, 3.8) is 0 Å². The Hall–Kier alpha value is -0.660. The van der Waals surface area contributed by atoms with Gasteiger partial charge in [-0.25, -0.2) is 8.42 Å². The van der Waals surface area contributed by atoms with Gasteiger partial charge in [-0.05, 0) is 39.8 Å². The topological polar surface area (TPSA) is 75.7 Å². The van der Waals surface area contributed by atoms with Crippen molar-refractivity contribution in [3.05, 3.63) is 0 Å². The third kappa shape index (κ3) is 5.23. The number of esters is 1. The normalized spacial score (nSPS) is 26.2. The summed E-state index contributed by atoms with van der Waals surface area (Å²) in [5, 5.41) is 3.28. The monoisotopic (exact) mass is 320 g/mol. The van der Waals surface area contributed by atoms with Crippen LogP contribution in [0.25, 0.3) is 0 Å². The molecule has 0 radical (unpaired) electrons. The third-order valence-electron chi connectivity index (χ3n) is 4.11. The van der Waals surface area contributed by atoms with Crippen LogP contribution in [-0.2, 0) is 19.4 Å². The summed E-state index contributed by atoms with van der Waals surface area (Å²) in [6.07, 6.45) is 3.51. The fourth-order valence-electron chi connectivity index (χ4n) is 2.91. The molecule has 1 N–H and O–H groups in total. The molecule has 1 aliphatic carbocycles. The standard InChI is InChI=1S/C14H28N2O4S/c1-5-15-14(13(17)20-6-2)8-7-12(11-14)16(3)9-10-21(4,18)19/h12,15H,5-11H2,1-4H3. The molecule has 0 saturated heterocycles. The van der Waals surface area contributed by atoms with Gasteiger partial charge in [0.15, 0.2) is 0 Å². The van der Waals surface area contributed by atoms with Gasteiger partial charge in [-0.1, -0.05) is 6.92 Å². The van der Waals surface area contributed by atoms with Crippen LogP contribution in [0.4, 0.5) is 0 Å². The van der Waals surface area contributed by atoms with Gasteiger partial charge < -0.3 is 15.0 Å². The van der Waals surface area contributed by atoms with Gasteiger partial charge in [0.1, 0.15) is 15.4 Å². The van der Waals surface area contributed by atoms with Crippen LogP contribution >= 0.6 is 0 Å². The van der Waals surface area contributed by atoms with Crippen molar-refractivity contribution in [2.24, 2.45) is 0 Å². The van der Waals surface area contributed by atoms with E-state index in [9.17, 15) is 13.2 Å². The lowest BCUT2D eigenvalue weighted by Gasteiger charge is -2.30. The Bertz CT molecular complexity index is 452. The quantitative estimate of drug-likeness (QED) is 0.654. The first-order valence-electron chi connectivity index (χ1n) is 7.54. The average molecular weight is 320 g/mol. The minimum Gasteiger partial charge on any atom is -0.465 e. The van der Waals surface area contributed by atoms with Gasteiger partial charge in [0.2, 0.25) is 0 Å². The molecule has 0 aromatic heterocycles. The van der Waals surface area contributed by atoms with Gasteiger partial charge in [0.05, 0.1) is 12.4 Å². The van der Waals surface area contributed by atoms with Crippen molar-refractivity contribution >= 4 is 15.8 Å². The predicted octanol–water partition coefficient (Wildman–Crippen LogP) is 0.427. The zero-order chi connectivity index (χ0) is 16.1. The minimum absolute atomic E-state index is 0.146. The maximum absolute atomic E-state index is 12.2. The average Bonchev–Trinajstić information content (AvgIpc) is 2.81. The van der Waals surface area contributed by atoms with E-state index in [1.54, 1.807) is 0 Å². The highest BCUT2D eigenvalue weighted by atomic mass is 32.2. The molecular formula is C14H28N2O4S. The van der Waals surface area contributed by atoms with E-state index in [1.807, 2.05) is 25.8 Å². The molecular weight excluding hydrogens is 292 g/mol. The maximum atomic E-state index is 12.2. The van der Waals surface area contributed by atoms with E-state index in [4.69, 9.17) is 4.74 Å². The first-order chi connectivity index (χ1) is 9.74. The lowest BCUT2D eigenvalue weighted by molar-refractivity contribution is -0.151. The number of sulfone groups is 1. The predicted molar refractivity (Wildman–Crippen MR) is 83.0 cm³/mol. The fraction of sp³-hybridized carbons (Fsp3) is 0.929. The van der Waals surface area contributed by atoms with Gasteiger partial charge in [-0.2, -0.15) is 0 Å². The molecule has 2 atom stereocenters. The van der Waals surface area contributed by atoms with Crippen molar-refractivity contribution in [2.45, 2.75) is 44.7 Å². The molecule has 0 heterocycles. The molecule has 124 valence electrons. The maximum Gasteiger partial charge on any atom is 0.326 e. The summed E-state index contributed by atoms with van der Waals surface area (Å²) < 4.78 is 27.7. The molecule has 0 bridgehead atoms. The zero-order valence-electron chi connectivity index (χ0n) is 13.5. The Morgan fingerprint density at radius 1 is 1.43 bits per heavy atom. The van der Waals surface area contributed by atoms with E-state index in [-0.39, 0.29) is 17.8 Å². The second-order valence-corrected chi connectivity index (χ2v) is 8.10. The Morgan fingerprint density at radius 2 is 2.10 bits per heavy atom. The Balaban J connectivity index is 2.67. The number of nitrogens with zero attached hydrogens (tertiary/aromatic N) is 1. The number of hydrogen-bond acceptors (Lipinski definition) is 6. The Labute approximate surface area is 128 Å². The number of carbonyl (C=O) groups excluding carboxylic acids is 1. The summed E-state index contributed by atoms with van der Waals surface area (Å²) in [4.78, 5) is 14.3. The van der Waals surface area contributed by atoms with Crippen LogP contribution < -0.4 is 5.32 Å². The highest BCUT2D eigenvalue weighted by Gasteiger charge is 2.46. The van der Waals surface area contributed by atoms with Crippen molar-refractivity contribution in [1.82, 2.24) is 10.2 Å². The minimum atomic E-state index is -2.96. The largest absolute Gasteiger partial charge is 0.465 e. The van der Waals surface area contributed by atoms with Crippen LogP contribution in [-0.4, -0.2) is 69.6 Å². The van der Waals surface area contributed by atoms with Crippen LogP contribution in [0.1, 0.15) is 33.1 Å². The van der Waals surface area contributed by atoms with Gasteiger partial charge in [-0.15, -0.1) is 0 Å². The van der Waals surface area contributed by atoms with Gasteiger partial charge in [0, 0.05) is 18.8 Å². The summed E-state index contributed by atoms with van der Waals surface area (Å²) >= 11 is 0. The van der Waals surface area contributed by atoms with Crippen LogP contribution in [0.15, 0.2) is 0 Å². The molecule has 2 unspecified atom stereocenters. The van der Waals surface area contributed by atoms with E-state index in [2.05, 4.69) is 5.32 Å². The first-order valence-corrected chi connectivity index (χ1v) is 9.60. The Morgan fingerprint density at radius 3 is 2.62 bits per heavy atom. The summed E-state index contributed by atoms with van der Waals surface area (Å²) in [7, 11) is -1.04. The number of likely N-dealkylation sites (N-methyl/N-ethyl adjacent to an activating group) is 1. The van der Waals surface area contributed by atoms with Crippen LogP contribution in [0.5, 0.6) is 0 Å². The van der Waals surface area contributed by atoms with Crippen LogP contribution in [0.2, 0.25) is 0 Å². The molecule has 0 aromatic rings. The summed E-state index contributed by atoms with van der Waals surface area (Å²) in [6, 6.07) is 0.204. The number of hydrogen-bond donors (Lipinski definition) is 1. The molecule has 0 amide bonds. The van der Waals surface area contributed by atoms with Gasteiger partial charge >= 0.3 is 5.97 Å². The second-order valence-electron chi connectivity index (χ2n) is 5.84. The number of ether oxygens (including phenoxy) is 1. The summed E-state index contributed by atoms with van der Waals surface area (Å²) in [5.41, 5.74) is -0.616. The van der Waals surface area contributed by atoms with E-state index in [0.29, 0.717) is 26.1 Å². The smallest absolute Gasteiger partial charge is 0.326 e. The molecule has 7 heteroatoms. The highest BCUT2D eigenvalue weighted by molar-refractivity contribution is 7.90. The Kier molecular flexibility index (Phi) is 6.62. The van der Waals surface area contributed by atoms with E-state index in [1.165, 1.54) is 6.26 Å². The summed E-state index contributed by atoms with van der Waals surface area (Å²) in [5.74, 6) is -0.0426. The van der Waals surface area contributed by atoms with Crippen molar-refractivity contribution in [1.29, 1.82) is 0 Å². The molecule has 1 saturated carbocycles. The lowest BCUT2D eigenvalue weighted by Crippen LogP contribution is -2.52. The second kappa shape index (κ2) is 7.56. The molecule has 1 fully saturated rings. The van der Waals surface area contributed by atoms with E-state index >= 15 is 0 Å². The molecule has 0 aliphatic heterocycles. The van der Waals surface area contributed by atoms with Gasteiger partial charge in [-0.3, -0.25) is 4.79 Å². The number of rotatable bonds is 8. The molecule has 21 heavy (non-hydrogen) atoms. The first kappa shape index (κ1) is 18.4. The molecule has 0 aromatic carbocycles. The third-order valence-corrected chi connectivity index (χ3v) is 5.03. The van der Waals surface area contributed by atoms with Crippen molar-refractivity contribution < 1.29 is 17.9 Å². The number of carbonyl (C=O) groups is 1. The van der Waals surface area contributed by atoms with Crippen LogP contribution in [0.3, 0.4) is 0 Å². The molecule has 0 spiro atoms. The molecule has 1 rings (SSSR count). The molecule has 6 nitrogen and oxygen atoms in total. The van der Waals surface area contributed by atoms with Crippen molar-refractivity contribution in [2.75, 3.05) is 38.8 Å². The zero-order valence-corrected chi connectivity index (χ0v) is 14.3. The van der Waals surface area contributed by atoms with E-state index in [0.717, 1.165) is 12.8 Å². The SMILES string of the molecule is CCNC1(C(=O)OCC)CCC(N(C)CCS(C)(=O)=O)C1. The number of nitrogens with one attached hydrogen (secondary N) is 1. The van der Waals surface area contributed by atoms with Crippen LogP contribution in [0, 0.1) is 0 Å². The molecule has 1 aliphatic rings. The van der Waals surface area contributed by atoms with E-state index < -0.39 is 15.4 Å². The fourth-order valence-corrected chi connectivity index (χ4v) is 3.53. The lowest BCUT2D eigenvalue weighted by atomic mass is 9.97. The highest BCUT2D eigenvalue weighted by Crippen LogP contribution is 2.33. The summed E-state index contributed by atoms with van der Waals surface area (Å²) in [6.45, 7) is 5.36. The van der Waals surface area contributed by atoms with Gasteiger partial charge in [0.25, 0.3) is 0 Å². The van der Waals surface area contributed by atoms with Crippen molar-refractivity contribution in [3.8, 4) is 0 Å².